The lowest BCUT2D eigenvalue weighted by atomic mass is 10.1. The minimum Gasteiger partial charge on any atom is -0.350 e. The molecule has 0 spiro atoms. The lowest BCUT2D eigenvalue weighted by molar-refractivity contribution is -0.121. The molecule has 1 amide bonds. The first-order chi connectivity index (χ1) is 14.0. The van der Waals surface area contributed by atoms with Gasteiger partial charge in [-0.15, -0.1) is 0 Å². The average Bonchev–Trinajstić information content (AvgIpc) is 2.70. The molecule has 1 unspecified atom stereocenters. The van der Waals surface area contributed by atoms with Crippen LogP contribution in [0.25, 0.3) is 10.9 Å². The molecular weight excluding hydrogens is 450 g/mol. The van der Waals surface area contributed by atoms with Crippen molar-refractivity contribution in [2.45, 2.75) is 45.2 Å². The fourth-order valence-electron chi connectivity index (χ4n) is 3.35. The Balaban J connectivity index is 1.47. The van der Waals surface area contributed by atoms with Crippen molar-refractivity contribution in [3.05, 3.63) is 73.7 Å². The second kappa shape index (κ2) is 9.98. The van der Waals surface area contributed by atoms with E-state index in [1.165, 1.54) is 0 Å². The zero-order valence-electron chi connectivity index (χ0n) is 16.3. The van der Waals surface area contributed by atoms with Crippen molar-refractivity contribution in [2.24, 2.45) is 0 Å². The highest BCUT2D eigenvalue weighted by atomic mass is 79.9. The van der Waals surface area contributed by atoms with E-state index in [9.17, 15) is 9.59 Å². The van der Waals surface area contributed by atoms with Gasteiger partial charge >= 0.3 is 0 Å². The first-order valence-electron chi connectivity index (χ1n) is 9.73. The standard InChI is InChI=1S/C22H24BrN3O2S/c1-15(16-9-4-6-11-18(16)23)24-20(27)13-3-2-8-14-26-21(28)17-10-5-7-12-19(17)25-22(26)29/h4-7,9-12,15H,2-3,8,13-14H2,1H3,(H,24,27)(H,25,29). The molecule has 5 nitrogen and oxygen atoms in total. The molecular formula is C22H24BrN3O2S. The SMILES string of the molecule is CC(NC(=O)CCCCCn1c(=S)[nH]c2ccccc2c1=O)c1ccccc1Br. The fraction of sp³-hybridized carbons (Fsp3) is 0.318. The Kier molecular flexibility index (Phi) is 7.39. The number of amides is 1. The normalized spacial score (nSPS) is 12.1. The predicted molar refractivity (Wildman–Crippen MR) is 123 cm³/mol. The van der Waals surface area contributed by atoms with E-state index in [2.05, 4.69) is 26.2 Å². The van der Waals surface area contributed by atoms with E-state index >= 15 is 0 Å². The minimum absolute atomic E-state index is 0.0356. The topological polar surface area (TPSA) is 66.9 Å². The molecule has 2 aromatic carbocycles. The van der Waals surface area contributed by atoms with E-state index in [1.807, 2.05) is 49.4 Å². The van der Waals surface area contributed by atoms with Gasteiger partial charge in [0.15, 0.2) is 4.77 Å². The van der Waals surface area contributed by atoms with Crippen molar-refractivity contribution in [1.29, 1.82) is 0 Å². The number of hydrogen-bond acceptors (Lipinski definition) is 3. The molecule has 1 atom stereocenters. The molecule has 3 rings (SSSR count). The number of fused-ring (bicyclic) bond motifs is 1. The van der Waals surface area contributed by atoms with Gasteiger partial charge in [-0.1, -0.05) is 52.7 Å². The summed E-state index contributed by atoms with van der Waals surface area (Å²) in [5, 5.41) is 3.68. The van der Waals surface area contributed by atoms with Crippen LogP contribution in [0.4, 0.5) is 0 Å². The van der Waals surface area contributed by atoms with E-state index < -0.39 is 0 Å². The summed E-state index contributed by atoms with van der Waals surface area (Å²) >= 11 is 8.85. The maximum Gasteiger partial charge on any atom is 0.262 e. The van der Waals surface area contributed by atoms with E-state index in [-0.39, 0.29) is 17.5 Å². The van der Waals surface area contributed by atoms with Crippen LogP contribution in [0.15, 0.2) is 57.8 Å². The van der Waals surface area contributed by atoms with Gasteiger partial charge in [-0.2, -0.15) is 0 Å². The second-order valence-electron chi connectivity index (χ2n) is 7.05. The van der Waals surface area contributed by atoms with Gasteiger partial charge in [0.2, 0.25) is 5.91 Å². The molecule has 0 aliphatic carbocycles. The number of benzene rings is 2. The summed E-state index contributed by atoms with van der Waals surface area (Å²) in [7, 11) is 0. The highest BCUT2D eigenvalue weighted by Gasteiger charge is 2.12. The van der Waals surface area contributed by atoms with Crippen LogP contribution in [-0.2, 0) is 11.3 Å². The molecule has 152 valence electrons. The van der Waals surface area contributed by atoms with Crippen molar-refractivity contribution in [1.82, 2.24) is 14.9 Å². The number of hydrogen-bond donors (Lipinski definition) is 2. The van der Waals surface area contributed by atoms with E-state index in [0.717, 1.165) is 34.8 Å². The third-order valence-electron chi connectivity index (χ3n) is 4.92. The minimum atomic E-state index is -0.0654. The number of carbonyl (C=O) groups is 1. The summed E-state index contributed by atoms with van der Waals surface area (Å²) < 4.78 is 3.03. The zero-order chi connectivity index (χ0) is 20.8. The van der Waals surface area contributed by atoms with Gasteiger partial charge in [-0.25, -0.2) is 0 Å². The number of halogens is 1. The van der Waals surface area contributed by atoms with Crippen LogP contribution in [0.3, 0.4) is 0 Å². The van der Waals surface area contributed by atoms with Gasteiger partial charge in [0.05, 0.1) is 16.9 Å². The molecule has 3 aromatic rings. The van der Waals surface area contributed by atoms with E-state index in [0.29, 0.717) is 23.1 Å². The van der Waals surface area contributed by atoms with Gasteiger partial charge in [0, 0.05) is 17.4 Å². The highest BCUT2D eigenvalue weighted by molar-refractivity contribution is 9.10. The third kappa shape index (κ3) is 5.42. The Morgan fingerprint density at radius 2 is 1.86 bits per heavy atom. The Bertz CT molecular complexity index is 1120. The molecule has 0 aliphatic rings. The first kappa shape index (κ1) is 21.5. The van der Waals surface area contributed by atoms with E-state index in [1.54, 1.807) is 10.6 Å². The lowest BCUT2D eigenvalue weighted by Gasteiger charge is -2.16. The summed E-state index contributed by atoms with van der Waals surface area (Å²) in [4.78, 5) is 27.9. The monoisotopic (exact) mass is 473 g/mol. The van der Waals surface area contributed by atoms with Crippen LogP contribution in [0.1, 0.15) is 44.2 Å². The predicted octanol–water partition coefficient (Wildman–Crippen LogP) is 5.26. The maximum absolute atomic E-state index is 12.6. The van der Waals surface area contributed by atoms with Crippen LogP contribution in [0, 0.1) is 4.77 Å². The number of aromatic nitrogens is 2. The third-order valence-corrected chi connectivity index (χ3v) is 5.97. The van der Waals surface area contributed by atoms with Crippen LogP contribution in [0.5, 0.6) is 0 Å². The van der Waals surface area contributed by atoms with Crippen molar-refractivity contribution < 1.29 is 4.79 Å². The molecule has 1 aromatic heterocycles. The molecule has 0 saturated carbocycles. The number of para-hydroxylation sites is 1. The number of nitrogens with one attached hydrogen (secondary N) is 2. The number of aromatic amines is 1. The van der Waals surface area contributed by atoms with Crippen LogP contribution in [0.2, 0.25) is 0 Å². The maximum atomic E-state index is 12.6. The Morgan fingerprint density at radius 1 is 1.14 bits per heavy atom. The summed E-state index contributed by atoms with van der Waals surface area (Å²) in [5.41, 5.74) is 1.75. The van der Waals surface area contributed by atoms with E-state index in [4.69, 9.17) is 12.2 Å². The number of nitrogens with zero attached hydrogens (tertiary/aromatic N) is 1. The molecule has 0 saturated heterocycles. The lowest BCUT2D eigenvalue weighted by Crippen LogP contribution is -2.26. The molecule has 0 radical (unpaired) electrons. The molecule has 0 aliphatic heterocycles. The smallest absolute Gasteiger partial charge is 0.262 e. The number of H-pyrrole nitrogens is 1. The summed E-state index contributed by atoms with van der Waals surface area (Å²) in [5.74, 6) is 0.0356. The molecule has 0 fully saturated rings. The van der Waals surface area contributed by atoms with Gasteiger partial charge in [-0.3, -0.25) is 14.2 Å². The average molecular weight is 474 g/mol. The number of unbranched alkanes of at least 4 members (excludes halogenated alkanes) is 2. The van der Waals surface area contributed by atoms with Gasteiger partial charge in [0.1, 0.15) is 0 Å². The fourth-order valence-corrected chi connectivity index (χ4v) is 4.26. The van der Waals surface area contributed by atoms with Crippen molar-refractivity contribution in [3.63, 3.8) is 0 Å². The summed E-state index contributed by atoms with van der Waals surface area (Å²) in [6, 6.07) is 15.2. The first-order valence-corrected chi connectivity index (χ1v) is 10.9. The molecule has 1 heterocycles. The van der Waals surface area contributed by atoms with Crippen LogP contribution < -0.4 is 10.9 Å². The zero-order valence-corrected chi connectivity index (χ0v) is 18.7. The largest absolute Gasteiger partial charge is 0.350 e. The van der Waals surface area contributed by atoms with Crippen molar-refractivity contribution in [2.75, 3.05) is 0 Å². The van der Waals surface area contributed by atoms with Gasteiger partial charge in [0.25, 0.3) is 5.56 Å². The Hall–Kier alpha value is -2.25. The molecule has 7 heteroatoms. The summed E-state index contributed by atoms with van der Waals surface area (Å²) in [6.45, 7) is 2.53. The van der Waals surface area contributed by atoms with Gasteiger partial charge in [-0.05, 0) is 55.7 Å². The van der Waals surface area contributed by atoms with Crippen molar-refractivity contribution >= 4 is 45.0 Å². The summed E-state index contributed by atoms with van der Waals surface area (Å²) in [6.07, 6.45) is 2.88. The second-order valence-corrected chi connectivity index (χ2v) is 8.29. The number of carbonyl (C=O) groups excluding carboxylic acids is 1. The highest BCUT2D eigenvalue weighted by Crippen LogP contribution is 2.22. The Labute approximate surface area is 183 Å². The number of rotatable bonds is 8. The van der Waals surface area contributed by atoms with Gasteiger partial charge < -0.3 is 10.3 Å². The molecule has 0 bridgehead atoms. The van der Waals surface area contributed by atoms with Crippen molar-refractivity contribution in [3.8, 4) is 0 Å². The molecule has 2 N–H and O–H groups in total. The van der Waals surface area contributed by atoms with Crippen LogP contribution >= 0.6 is 28.1 Å². The Morgan fingerprint density at radius 3 is 2.66 bits per heavy atom. The molecule has 29 heavy (non-hydrogen) atoms. The van der Waals surface area contributed by atoms with Crippen LogP contribution in [-0.4, -0.2) is 15.5 Å². The quantitative estimate of drug-likeness (QED) is 0.346.